The van der Waals surface area contributed by atoms with Gasteiger partial charge >= 0.3 is 12.1 Å². The summed E-state index contributed by atoms with van der Waals surface area (Å²) in [6.07, 6.45) is 2.58. The molecule has 0 radical (unpaired) electrons. The predicted molar refractivity (Wildman–Crippen MR) is 68.7 cm³/mol. The van der Waals surface area contributed by atoms with Crippen LogP contribution in [0.3, 0.4) is 0 Å². The zero-order valence-corrected chi connectivity index (χ0v) is 11.2. The summed E-state index contributed by atoms with van der Waals surface area (Å²) in [5.74, 6) is -1.11. The molecule has 0 saturated heterocycles. The van der Waals surface area contributed by atoms with Gasteiger partial charge in [0.25, 0.3) is 0 Å². The number of nitrogens with zero attached hydrogens (tertiary/aromatic N) is 1. The van der Waals surface area contributed by atoms with Crippen molar-refractivity contribution in [2.45, 2.75) is 38.8 Å². The van der Waals surface area contributed by atoms with Gasteiger partial charge in [-0.15, -0.1) is 0 Å². The van der Waals surface area contributed by atoms with E-state index in [2.05, 4.69) is 10.3 Å². The summed E-state index contributed by atoms with van der Waals surface area (Å²) in [7, 11) is 0. The molecule has 0 saturated carbocycles. The number of aliphatic carboxylic acids is 1. The molecule has 1 amide bonds. The van der Waals surface area contributed by atoms with Gasteiger partial charge in [-0.05, 0) is 38.5 Å². The molecule has 0 unspecified atom stereocenters. The van der Waals surface area contributed by atoms with Crippen LogP contribution in [-0.4, -0.2) is 33.8 Å². The van der Waals surface area contributed by atoms with Gasteiger partial charge in [0.1, 0.15) is 11.6 Å². The quantitative estimate of drug-likeness (QED) is 0.864. The highest BCUT2D eigenvalue weighted by Crippen LogP contribution is 2.08. The van der Waals surface area contributed by atoms with Crippen molar-refractivity contribution >= 4 is 12.1 Å². The lowest BCUT2D eigenvalue weighted by molar-refractivity contribution is -0.139. The molecule has 2 N–H and O–H groups in total. The van der Waals surface area contributed by atoms with E-state index in [9.17, 15) is 9.59 Å². The van der Waals surface area contributed by atoms with E-state index >= 15 is 0 Å². The molecule has 1 aromatic rings. The second kappa shape index (κ2) is 6.17. The number of carbonyl (C=O) groups is 2. The van der Waals surface area contributed by atoms with Gasteiger partial charge in [-0.25, -0.2) is 9.59 Å². The zero-order chi connectivity index (χ0) is 14.5. The summed E-state index contributed by atoms with van der Waals surface area (Å²) < 4.78 is 5.03. The molecular formula is C13H18N2O4. The lowest BCUT2D eigenvalue weighted by atomic mass is 10.1. The van der Waals surface area contributed by atoms with E-state index in [-0.39, 0.29) is 6.42 Å². The number of hydrogen-bond acceptors (Lipinski definition) is 4. The van der Waals surface area contributed by atoms with Crippen LogP contribution in [0.1, 0.15) is 26.3 Å². The van der Waals surface area contributed by atoms with Crippen LogP contribution in [0.15, 0.2) is 24.5 Å². The van der Waals surface area contributed by atoms with Crippen LogP contribution in [0.25, 0.3) is 0 Å². The molecule has 1 rings (SSSR count). The Labute approximate surface area is 111 Å². The van der Waals surface area contributed by atoms with Crippen LogP contribution in [0, 0.1) is 0 Å². The van der Waals surface area contributed by atoms with Crippen molar-refractivity contribution in [2.24, 2.45) is 0 Å². The number of pyridine rings is 1. The number of nitrogens with one attached hydrogen (secondary N) is 1. The third kappa shape index (κ3) is 5.85. The molecule has 0 bridgehead atoms. The Morgan fingerprint density at radius 1 is 1.37 bits per heavy atom. The molecule has 0 aromatic carbocycles. The molecule has 0 aliphatic carbocycles. The molecule has 0 fully saturated rings. The number of hydrogen-bond donors (Lipinski definition) is 2. The summed E-state index contributed by atoms with van der Waals surface area (Å²) in [5, 5.41) is 11.4. The Balaban J connectivity index is 2.64. The number of carboxylic acid groups (broad SMARTS) is 1. The number of carboxylic acids is 1. The van der Waals surface area contributed by atoms with Gasteiger partial charge in [0.15, 0.2) is 0 Å². The van der Waals surface area contributed by atoms with Crippen molar-refractivity contribution in [3.05, 3.63) is 30.1 Å². The Morgan fingerprint density at radius 2 is 1.95 bits per heavy atom. The van der Waals surface area contributed by atoms with Gasteiger partial charge in [0, 0.05) is 18.8 Å². The van der Waals surface area contributed by atoms with Gasteiger partial charge in [0.2, 0.25) is 0 Å². The summed E-state index contributed by atoms with van der Waals surface area (Å²) >= 11 is 0. The van der Waals surface area contributed by atoms with Crippen LogP contribution in [0.2, 0.25) is 0 Å². The van der Waals surface area contributed by atoms with E-state index in [0.717, 1.165) is 5.56 Å². The normalized spacial score (nSPS) is 12.6. The first-order valence-electron chi connectivity index (χ1n) is 5.89. The lowest BCUT2D eigenvalue weighted by Gasteiger charge is -2.22. The third-order valence-corrected chi connectivity index (χ3v) is 2.18. The second-order valence-electron chi connectivity index (χ2n) is 5.10. The van der Waals surface area contributed by atoms with Gasteiger partial charge in [-0.3, -0.25) is 4.98 Å². The molecule has 19 heavy (non-hydrogen) atoms. The first-order valence-corrected chi connectivity index (χ1v) is 5.89. The first-order chi connectivity index (χ1) is 8.78. The van der Waals surface area contributed by atoms with Crippen molar-refractivity contribution in [1.29, 1.82) is 0 Å². The molecule has 0 aliphatic heterocycles. The Kier molecular flexibility index (Phi) is 4.86. The van der Waals surface area contributed by atoms with Gasteiger partial charge in [-0.2, -0.15) is 0 Å². The van der Waals surface area contributed by atoms with Crippen molar-refractivity contribution in [3.63, 3.8) is 0 Å². The maximum atomic E-state index is 11.6. The number of carbonyl (C=O) groups excluding carboxylic acids is 1. The molecule has 1 heterocycles. The Hall–Kier alpha value is -2.11. The van der Waals surface area contributed by atoms with Gasteiger partial charge in [-0.1, -0.05) is 0 Å². The number of rotatable bonds is 4. The predicted octanol–water partition coefficient (Wildman–Crippen LogP) is 1.60. The van der Waals surface area contributed by atoms with Crippen molar-refractivity contribution in [3.8, 4) is 0 Å². The highest BCUT2D eigenvalue weighted by Gasteiger charge is 2.24. The Morgan fingerprint density at radius 3 is 2.42 bits per heavy atom. The van der Waals surface area contributed by atoms with E-state index < -0.39 is 23.7 Å². The van der Waals surface area contributed by atoms with E-state index in [4.69, 9.17) is 9.84 Å². The standard InChI is InChI=1S/C13H18N2O4/c1-13(2,3)19-12(18)15-10(11(16)17)8-9-4-6-14-7-5-9/h4-7,10H,8H2,1-3H3,(H,15,18)(H,16,17)/t10-/m1/s1. The fraction of sp³-hybridized carbons (Fsp3) is 0.462. The van der Waals surface area contributed by atoms with Crippen molar-refractivity contribution < 1.29 is 19.4 Å². The average Bonchev–Trinajstić information content (AvgIpc) is 2.26. The molecule has 6 heteroatoms. The number of ether oxygens (including phenoxy) is 1. The molecule has 0 aliphatic rings. The van der Waals surface area contributed by atoms with E-state index in [1.807, 2.05) is 0 Å². The van der Waals surface area contributed by atoms with Crippen LogP contribution in [0.5, 0.6) is 0 Å². The first kappa shape index (κ1) is 14.9. The minimum Gasteiger partial charge on any atom is -0.480 e. The van der Waals surface area contributed by atoms with Crippen molar-refractivity contribution in [1.82, 2.24) is 10.3 Å². The molecule has 0 spiro atoms. The Bertz CT molecular complexity index is 440. The number of alkyl carbamates (subject to hydrolysis) is 1. The monoisotopic (exact) mass is 266 g/mol. The minimum atomic E-state index is -1.11. The van der Waals surface area contributed by atoms with Crippen LogP contribution >= 0.6 is 0 Å². The fourth-order valence-corrected chi connectivity index (χ4v) is 1.40. The lowest BCUT2D eigenvalue weighted by Crippen LogP contribution is -2.44. The summed E-state index contributed by atoms with van der Waals surface area (Å²) in [5.41, 5.74) is 0.113. The molecule has 1 aromatic heterocycles. The highest BCUT2D eigenvalue weighted by atomic mass is 16.6. The summed E-state index contributed by atoms with van der Waals surface area (Å²) in [4.78, 5) is 26.5. The van der Waals surface area contributed by atoms with Crippen LogP contribution in [-0.2, 0) is 16.0 Å². The van der Waals surface area contributed by atoms with E-state index in [1.54, 1.807) is 45.3 Å². The van der Waals surface area contributed by atoms with Gasteiger partial charge < -0.3 is 15.2 Å². The molecular weight excluding hydrogens is 248 g/mol. The van der Waals surface area contributed by atoms with Gasteiger partial charge in [0.05, 0.1) is 0 Å². The minimum absolute atomic E-state index is 0.178. The SMILES string of the molecule is CC(C)(C)OC(=O)N[C@H](Cc1ccncc1)C(=O)O. The van der Waals surface area contributed by atoms with Crippen LogP contribution < -0.4 is 5.32 Å². The third-order valence-electron chi connectivity index (χ3n) is 2.18. The smallest absolute Gasteiger partial charge is 0.408 e. The van der Waals surface area contributed by atoms with Crippen molar-refractivity contribution in [2.75, 3.05) is 0 Å². The van der Waals surface area contributed by atoms with Crippen LogP contribution in [0.4, 0.5) is 4.79 Å². The summed E-state index contributed by atoms with van der Waals surface area (Å²) in [6, 6.07) is 2.37. The second-order valence-corrected chi connectivity index (χ2v) is 5.10. The van der Waals surface area contributed by atoms with E-state index in [1.165, 1.54) is 0 Å². The molecule has 104 valence electrons. The van der Waals surface area contributed by atoms with E-state index in [0.29, 0.717) is 0 Å². The maximum absolute atomic E-state index is 11.6. The number of amides is 1. The average molecular weight is 266 g/mol. The fourth-order valence-electron chi connectivity index (χ4n) is 1.40. The number of aromatic nitrogens is 1. The molecule has 6 nitrogen and oxygen atoms in total. The maximum Gasteiger partial charge on any atom is 0.408 e. The summed E-state index contributed by atoms with van der Waals surface area (Å²) in [6.45, 7) is 5.14. The topological polar surface area (TPSA) is 88.5 Å². The molecule has 1 atom stereocenters. The highest BCUT2D eigenvalue weighted by molar-refractivity contribution is 5.80. The largest absolute Gasteiger partial charge is 0.480 e. The zero-order valence-electron chi connectivity index (χ0n) is 11.2.